The number of amides is 4. The normalized spacial score (nSPS) is 22.9. The minimum absolute atomic E-state index is 0.0238. The number of nitrogens with zero attached hydrogens (tertiary/aromatic N) is 1. The lowest BCUT2D eigenvalue weighted by atomic mass is 9.91. The Balaban J connectivity index is 0.000000231. The van der Waals surface area contributed by atoms with Crippen LogP contribution in [0.25, 0.3) is 21.7 Å². The number of H-pyrrole nitrogens is 1. The average Bonchev–Trinajstić information content (AvgIpc) is 3.84. The molecule has 54 heavy (non-hydrogen) atoms. The van der Waals surface area contributed by atoms with Gasteiger partial charge in [0.15, 0.2) is 0 Å². The maximum atomic E-state index is 14.5. The molecule has 0 bridgehead atoms. The summed E-state index contributed by atoms with van der Waals surface area (Å²) in [6, 6.07) is 14.8. The molecule has 12 nitrogen and oxygen atoms in total. The SMILES string of the molecule is CC(C)(C)OC(N)=O.C[C@]1(C(=O)NS(=O)C2CC2)CCC(F)(F)CCCCCCC(=O)N2CCCC2C(=O)N1.O=c1[nH]c2ccccc2c2ccccc12. The number of primary amides is 1. The van der Waals surface area contributed by atoms with Crippen molar-refractivity contribution in [1.82, 2.24) is 19.9 Å². The molecule has 2 aliphatic heterocycles. The maximum absolute atomic E-state index is 14.5. The lowest BCUT2D eigenvalue weighted by molar-refractivity contribution is -0.141. The van der Waals surface area contributed by atoms with Crippen LogP contribution >= 0.6 is 0 Å². The van der Waals surface area contributed by atoms with E-state index in [9.17, 15) is 37.0 Å². The fourth-order valence-electron chi connectivity index (χ4n) is 6.44. The van der Waals surface area contributed by atoms with Gasteiger partial charge in [0.1, 0.15) is 28.2 Å². The third-order valence-corrected chi connectivity index (χ3v) is 11.0. The predicted octanol–water partition coefficient (Wildman–Crippen LogP) is 6.13. The van der Waals surface area contributed by atoms with Gasteiger partial charge in [0.2, 0.25) is 17.7 Å². The van der Waals surface area contributed by atoms with Gasteiger partial charge >= 0.3 is 6.09 Å². The highest BCUT2D eigenvalue weighted by Gasteiger charge is 2.44. The van der Waals surface area contributed by atoms with Crippen molar-refractivity contribution in [1.29, 1.82) is 0 Å². The summed E-state index contributed by atoms with van der Waals surface area (Å²) >= 11 is 0. The Morgan fingerprint density at radius 1 is 0.889 bits per heavy atom. The summed E-state index contributed by atoms with van der Waals surface area (Å²) in [5, 5.41) is 5.38. The number of halogens is 2. The largest absolute Gasteiger partial charge is 0.444 e. The van der Waals surface area contributed by atoms with E-state index in [1.807, 2.05) is 48.5 Å². The van der Waals surface area contributed by atoms with Crippen LogP contribution < -0.4 is 21.3 Å². The highest BCUT2D eigenvalue weighted by molar-refractivity contribution is 7.84. The maximum Gasteiger partial charge on any atom is 0.405 e. The minimum atomic E-state index is -2.96. The average molecular weight is 774 g/mol. The number of nitrogens with one attached hydrogen (secondary N) is 3. The summed E-state index contributed by atoms with van der Waals surface area (Å²) < 4.78 is 48.1. The summed E-state index contributed by atoms with van der Waals surface area (Å²) in [7, 11) is -1.59. The van der Waals surface area contributed by atoms with Crippen molar-refractivity contribution in [3.05, 3.63) is 58.9 Å². The summed E-state index contributed by atoms with van der Waals surface area (Å²) in [5.41, 5.74) is 3.49. The summed E-state index contributed by atoms with van der Waals surface area (Å²) in [4.78, 5) is 64.8. The first-order chi connectivity index (χ1) is 25.4. The number of aromatic nitrogens is 1. The minimum Gasteiger partial charge on any atom is -0.444 e. The Labute approximate surface area is 316 Å². The number of fused-ring (bicyclic) bond motifs is 4. The summed E-state index contributed by atoms with van der Waals surface area (Å²) in [5.74, 6) is -4.31. The van der Waals surface area contributed by atoms with E-state index in [-0.39, 0.29) is 36.0 Å². The van der Waals surface area contributed by atoms with E-state index in [1.54, 1.807) is 25.7 Å². The van der Waals surface area contributed by atoms with E-state index < -0.39 is 58.4 Å². The molecule has 3 fully saturated rings. The van der Waals surface area contributed by atoms with Crippen molar-refractivity contribution in [2.24, 2.45) is 5.73 Å². The van der Waals surface area contributed by atoms with Crippen LogP contribution in [0.2, 0.25) is 0 Å². The fraction of sp³-hybridized carbons (Fsp3) is 0.564. The van der Waals surface area contributed by atoms with E-state index in [4.69, 9.17) is 5.73 Å². The van der Waals surface area contributed by atoms with Gasteiger partial charge in [0, 0.05) is 42.1 Å². The quantitative estimate of drug-likeness (QED) is 0.231. The van der Waals surface area contributed by atoms with Crippen molar-refractivity contribution in [2.75, 3.05) is 6.54 Å². The van der Waals surface area contributed by atoms with E-state index >= 15 is 0 Å². The predicted molar refractivity (Wildman–Crippen MR) is 205 cm³/mol. The van der Waals surface area contributed by atoms with Gasteiger partial charge in [0.25, 0.3) is 11.5 Å². The molecular weight excluding hydrogens is 721 g/mol. The zero-order valence-electron chi connectivity index (χ0n) is 31.5. The molecule has 1 saturated carbocycles. The van der Waals surface area contributed by atoms with Gasteiger partial charge in [-0.2, -0.15) is 0 Å². The number of hydrogen-bond donors (Lipinski definition) is 4. The lowest BCUT2D eigenvalue weighted by Crippen LogP contribution is -2.61. The van der Waals surface area contributed by atoms with Gasteiger partial charge in [-0.1, -0.05) is 49.2 Å². The van der Waals surface area contributed by atoms with Crippen LogP contribution in [0.3, 0.4) is 0 Å². The number of carbonyl (C=O) groups excluding carboxylic acids is 4. The van der Waals surface area contributed by atoms with Crippen molar-refractivity contribution < 1.29 is 36.9 Å². The first-order valence-electron chi connectivity index (χ1n) is 18.6. The first kappa shape index (κ1) is 42.3. The summed E-state index contributed by atoms with van der Waals surface area (Å²) in [6.07, 6.45) is 3.33. The third kappa shape index (κ3) is 12.3. The molecule has 1 aromatic heterocycles. The van der Waals surface area contributed by atoms with Crippen LogP contribution in [-0.4, -0.2) is 72.8 Å². The molecule has 5 N–H and O–H groups in total. The third-order valence-electron chi connectivity index (χ3n) is 9.51. The second-order valence-electron chi connectivity index (χ2n) is 15.3. The molecule has 0 radical (unpaired) electrons. The van der Waals surface area contributed by atoms with Gasteiger partial charge in [-0.05, 0) is 90.2 Å². The molecule has 2 aromatic carbocycles. The van der Waals surface area contributed by atoms with E-state index in [0.717, 1.165) is 34.5 Å². The molecule has 2 unspecified atom stereocenters. The van der Waals surface area contributed by atoms with Gasteiger partial charge < -0.3 is 25.7 Å². The number of aromatic amines is 1. The Hall–Kier alpha value is -4.40. The van der Waals surface area contributed by atoms with Crippen LogP contribution in [0.1, 0.15) is 105 Å². The van der Waals surface area contributed by atoms with Gasteiger partial charge in [-0.15, -0.1) is 0 Å². The highest BCUT2D eigenvalue weighted by atomic mass is 32.2. The molecule has 3 aliphatic rings. The monoisotopic (exact) mass is 773 g/mol. The molecule has 4 amide bonds. The molecule has 2 saturated heterocycles. The van der Waals surface area contributed by atoms with E-state index in [1.165, 1.54) is 6.92 Å². The van der Waals surface area contributed by atoms with Crippen molar-refractivity contribution in [2.45, 2.75) is 133 Å². The fourth-order valence-corrected chi connectivity index (χ4v) is 7.58. The van der Waals surface area contributed by atoms with Crippen LogP contribution in [0.15, 0.2) is 53.3 Å². The van der Waals surface area contributed by atoms with Gasteiger partial charge in [0.05, 0.1) is 5.25 Å². The van der Waals surface area contributed by atoms with Crippen molar-refractivity contribution in [3.63, 3.8) is 0 Å². The topological polar surface area (TPSA) is 181 Å². The number of pyridine rings is 1. The molecule has 296 valence electrons. The number of hydrogen-bond acceptors (Lipinski definition) is 7. The van der Waals surface area contributed by atoms with Crippen LogP contribution in [-0.2, 0) is 30.1 Å². The zero-order valence-corrected chi connectivity index (χ0v) is 32.3. The van der Waals surface area contributed by atoms with Crippen molar-refractivity contribution >= 4 is 56.5 Å². The molecule has 3 aromatic rings. The second-order valence-corrected chi connectivity index (χ2v) is 16.8. The molecule has 6 rings (SSSR count). The number of benzene rings is 2. The number of carbonyl (C=O) groups is 4. The standard InChI is InChI=1S/C21H33F2N3O4S.C13H9NO.C5H11NO2/c1-20(19(29)25-31(30)15-9-10-15)12-13-21(22,23)11-5-3-2-4-8-17(27)26-14-6-7-16(26)18(28)24-20;15-13-11-7-2-1-5-9(11)10-6-3-4-8-12(10)14-13;1-5(2,3)8-4(6)7/h15-16H,2-14H2,1H3,(H,24,28)(H,25,29);1-8H,(H,14,15);1-3H3,(H2,6,7)/t16?,20-,31?;;/m1../s1. The van der Waals surface area contributed by atoms with E-state index in [0.29, 0.717) is 45.1 Å². The van der Waals surface area contributed by atoms with Gasteiger partial charge in [-0.3, -0.25) is 23.9 Å². The number of nitrogens with two attached hydrogens (primary N) is 1. The van der Waals surface area contributed by atoms with E-state index in [2.05, 4.69) is 19.8 Å². The number of alkyl halides is 2. The Bertz CT molecular complexity index is 1890. The summed E-state index contributed by atoms with van der Waals surface area (Å²) in [6.45, 7) is 7.16. The number of rotatable bonds is 3. The second kappa shape index (κ2) is 18.3. The Morgan fingerprint density at radius 2 is 1.52 bits per heavy atom. The molecule has 1 aliphatic carbocycles. The molecule has 0 spiro atoms. The smallest absolute Gasteiger partial charge is 0.405 e. The Morgan fingerprint density at radius 3 is 2.15 bits per heavy atom. The first-order valence-corrected chi connectivity index (χ1v) is 19.8. The van der Waals surface area contributed by atoms with Gasteiger partial charge in [-0.25, -0.2) is 17.8 Å². The molecule has 3 atom stereocenters. The lowest BCUT2D eigenvalue weighted by Gasteiger charge is -2.33. The number of ether oxygens (including phenoxy) is 1. The molecule has 15 heteroatoms. The Kier molecular flexibility index (Phi) is 14.3. The van der Waals surface area contributed by atoms with Crippen LogP contribution in [0, 0.1) is 0 Å². The van der Waals surface area contributed by atoms with Crippen LogP contribution in [0.5, 0.6) is 0 Å². The highest BCUT2D eigenvalue weighted by Crippen LogP contribution is 2.32. The molecule has 3 heterocycles. The van der Waals surface area contributed by atoms with Crippen molar-refractivity contribution in [3.8, 4) is 0 Å². The van der Waals surface area contributed by atoms with Crippen LogP contribution in [0.4, 0.5) is 13.6 Å². The zero-order chi connectivity index (χ0) is 39.7. The molecular formula is C39H53F2N5O7S. The number of para-hydroxylation sites is 1.